The Hall–Kier alpha value is -1.55. The maximum absolute atomic E-state index is 13.1. The number of halogens is 1. The number of hydrogen-bond acceptors (Lipinski definition) is 2. The molecule has 4 nitrogen and oxygen atoms in total. The van der Waals surface area contributed by atoms with Crippen molar-refractivity contribution >= 4 is 29.1 Å². The zero-order valence-corrected chi connectivity index (χ0v) is 15.6. The number of amides is 2. The van der Waals surface area contributed by atoms with Gasteiger partial charge in [0.15, 0.2) is 0 Å². The first-order chi connectivity index (χ1) is 11.8. The van der Waals surface area contributed by atoms with Gasteiger partial charge in [-0.15, -0.1) is 11.6 Å². The summed E-state index contributed by atoms with van der Waals surface area (Å²) >= 11 is 6.83. The van der Waals surface area contributed by atoms with E-state index in [4.69, 9.17) is 11.6 Å². The summed E-state index contributed by atoms with van der Waals surface area (Å²) in [4.78, 5) is 26.4. The number of anilines is 1. The molecule has 2 amide bonds. The highest BCUT2D eigenvalue weighted by molar-refractivity contribution is 6.24. The first-order valence-corrected chi connectivity index (χ1v) is 9.49. The molecule has 4 saturated carbocycles. The largest absolute Gasteiger partial charge is 0.345 e. The van der Waals surface area contributed by atoms with Gasteiger partial charge in [-0.3, -0.25) is 9.59 Å². The Morgan fingerprint density at radius 3 is 2.20 bits per heavy atom. The van der Waals surface area contributed by atoms with Gasteiger partial charge in [0.2, 0.25) is 5.91 Å². The quantitative estimate of drug-likeness (QED) is 0.831. The summed E-state index contributed by atoms with van der Waals surface area (Å²) in [5, 5.41) is 3.09. The molecule has 5 rings (SSSR count). The highest BCUT2D eigenvalue weighted by Crippen LogP contribution is 2.64. The predicted octanol–water partition coefficient (Wildman–Crippen LogP) is 3.90. The van der Waals surface area contributed by atoms with Gasteiger partial charge in [0, 0.05) is 30.2 Å². The van der Waals surface area contributed by atoms with Gasteiger partial charge in [-0.25, -0.2) is 0 Å². The van der Waals surface area contributed by atoms with Crippen LogP contribution in [0.4, 0.5) is 5.69 Å². The van der Waals surface area contributed by atoms with Crippen LogP contribution in [0.25, 0.3) is 0 Å². The minimum Gasteiger partial charge on any atom is -0.345 e. The normalized spacial score (nSPS) is 35.5. The van der Waals surface area contributed by atoms with Crippen molar-refractivity contribution in [3.05, 3.63) is 29.8 Å². The molecule has 0 aromatic heterocycles. The monoisotopic (exact) mass is 360 g/mol. The number of nitrogens with one attached hydrogen (secondary N) is 1. The Kier molecular flexibility index (Phi) is 3.87. The summed E-state index contributed by atoms with van der Waals surface area (Å²) in [6.45, 7) is 0. The van der Waals surface area contributed by atoms with Gasteiger partial charge >= 0.3 is 0 Å². The maximum atomic E-state index is 13.1. The zero-order valence-electron chi connectivity index (χ0n) is 14.8. The molecule has 0 radical (unpaired) electrons. The first kappa shape index (κ1) is 16.9. The minimum absolute atomic E-state index is 0.0388. The van der Waals surface area contributed by atoms with Crippen molar-refractivity contribution < 1.29 is 9.59 Å². The number of rotatable bonds is 3. The predicted molar refractivity (Wildman–Crippen MR) is 98.8 cm³/mol. The van der Waals surface area contributed by atoms with Crippen molar-refractivity contribution in [2.45, 2.75) is 43.4 Å². The van der Waals surface area contributed by atoms with E-state index in [1.807, 2.05) is 12.1 Å². The molecule has 1 N–H and O–H groups in total. The van der Waals surface area contributed by atoms with Gasteiger partial charge in [0.25, 0.3) is 5.91 Å². The third kappa shape index (κ3) is 2.95. The van der Waals surface area contributed by atoms with Crippen LogP contribution in [0.5, 0.6) is 0 Å². The summed E-state index contributed by atoms with van der Waals surface area (Å²) < 4.78 is 0. The van der Waals surface area contributed by atoms with Crippen molar-refractivity contribution in [3.63, 3.8) is 0 Å². The van der Waals surface area contributed by atoms with Crippen LogP contribution in [0.3, 0.4) is 0 Å². The van der Waals surface area contributed by atoms with Crippen LogP contribution in [0.1, 0.15) is 48.9 Å². The summed E-state index contributed by atoms with van der Waals surface area (Å²) in [6.07, 6.45) is 6.13. The Bertz CT molecular complexity index is 699. The molecule has 4 aliphatic rings. The van der Waals surface area contributed by atoms with Gasteiger partial charge in [0.1, 0.15) is 0 Å². The van der Waals surface area contributed by atoms with Crippen LogP contribution < -0.4 is 5.32 Å². The van der Waals surface area contributed by atoms with E-state index in [1.165, 1.54) is 6.42 Å². The molecule has 0 spiro atoms. The van der Waals surface area contributed by atoms with Crippen molar-refractivity contribution in [2.24, 2.45) is 17.3 Å². The SMILES string of the molecule is CN(C)C(=O)c1ccc(NC(=O)C23C[C@@H]4C[C@@H](CC(Cl)(C4)C2)C3)cc1. The van der Waals surface area contributed by atoms with Gasteiger partial charge in [-0.2, -0.15) is 0 Å². The number of alkyl halides is 1. The van der Waals surface area contributed by atoms with Crippen LogP contribution in [-0.4, -0.2) is 35.7 Å². The lowest BCUT2D eigenvalue weighted by molar-refractivity contribution is -0.138. The van der Waals surface area contributed by atoms with E-state index in [0.29, 0.717) is 17.4 Å². The van der Waals surface area contributed by atoms with E-state index < -0.39 is 0 Å². The maximum Gasteiger partial charge on any atom is 0.253 e. The molecule has 1 aromatic rings. The fraction of sp³-hybridized carbons (Fsp3) is 0.600. The molecule has 4 bridgehead atoms. The van der Waals surface area contributed by atoms with Crippen LogP contribution in [-0.2, 0) is 4.79 Å². The van der Waals surface area contributed by atoms with Crippen molar-refractivity contribution in [3.8, 4) is 0 Å². The van der Waals surface area contributed by atoms with Gasteiger partial charge in [-0.05, 0) is 74.6 Å². The van der Waals surface area contributed by atoms with Crippen LogP contribution in [0, 0.1) is 17.3 Å². The molecule has 25 heavy (non-hydrogen) atoms. The second-order valence-corrected chi connectivity index (χ2v) is 9.43. The fourth-order valence-electron chi connectivity index (χ4n) is 5.63. The van der Waals surface area contributed by atoms with Crippen LogP contribution >= 0.6 is 11.6 Å². The van der Waals surface area contributed by atoms with E-state index in [1.54, 1.807) is 31.1 Å². The average Bonchev–Trinajstić information content (AvgIpc) is 2.52. The third-order valence-electron chi connectivity index (χ3n) is 6.27. The number of carbonyl (C=O) groups excluding carboxylic acids is 2. The standard InChI is InChI=1S/C20H25ClN2O2/c1-23(2)17(24)15-3-5-16(6-4-15)22-18(25)19-8-13-7-14(9-19)11-20(21,10-13)12-19/h3-6,13-14H,7-12H2,1-2H3,(H,22,25)/t13-,14+,19?,20?. The summed E-state index contributed by atoms with van der Waals surface area (Å²) in [6, 6.07) is 7.15. The number of hydrogen-bond donors (Lipinski definition) is 1. The highest BCUT2D eigenvalue weighted by Gasteiger charge is 2.60. The molecule has 4 atom stereocenters. The molecule has 134 valence electrons. The molecule has 1 aromatic carbocycles. The van der Waals surface area contributed by atoms with Gasteiger partial charge in [-0.1, -0.05) is 0 Å². The summed E-state index contributed by atoms with van der Waals surface area (Å²) in [5.74, 6) is 1.27. The molecular weight excluding hydrogens is 336 g/mol. The van der Waals surface area contributed by atoms with Gasteiger partial charge < -0.3 is 10.2 Å². The highest BCUT2D eigenvalue weighted by atomic mass is 35.5. The van der Waals surface area contributed by atoms with Crippen molar-refractivity contribution in [1.29, 1.82) is 0 Å². The molecule has 5 heteroatoms. The molecule has 0 aliphatic heterocycles. The Balaban J connectivity index is 1.50. The zero-order chi connectivity index (χ0) is 17.8. The Morgan fingerprint density at radius 1 is 1.08 bits per heavy atom. The van der Waals surface area contributed by atoms with Crippen LogP contribution in [0.2, 0.25) is 0 Å². The van der Waals surface area contributed by atoms with Crippen LogP contribution in [0.15, 0.2) is 24.3 Å². The smallest absolute Gasteiger partial charge is 0.253 e. The molecule has 4 aliphatic carbocycles. The lowest BCUT2D eigenvalue weighted by atomic mass is 9.49. The second-order valence-electron chi connectivity index (χ2n) is 8.62. The van der Waals surface area contributed by atoms with Crippen molar-refractivity contribution in [1.82, 2.24) is 4.90 Å². The van der Waals surface area contributed by atoms with E-state index in [9.17, 15) is 9.59 Å². The Morgan fingerprint density at radius 2 is 1.68 bits per heavy atom. The van der Waals surface area contributed by atoms with E-state index >= 15 is 0 Å². The van der Waals surface area contributed by atoms with E-state index in [-0.39, 0.29) is 22.1 Å². The summed E-state index contributed by atoms with van der Waals surface area (Å²) in [7, 11) is 3.46. The third-order valence-corrected chi connectivity index (χ3v) is 6.71. The van der Waals surface area contributed by atoms with E-state index in [2.05, 4.69) is 5.32 Å². The van der Waals surface area contributed by atoms with E-state index in [0.717, 1.165) is 37.8 Å². The number of carbonyl (C=O) groups is 2. The summed E-state index contributed by atoms with van der Waals surface area (Å²) in [5.41, 5.74) is 1.07. The molecule has 0 saturated heterocycles. The average molecular weight is 361 g/mol. The lowest BCUT2D eigenvalue weighted by Crippen LogP contribution is -2.57. The Labute approximate surface area is 153 Å². The fourth-order valence-corrected chi connectivity index (χ4v) is 6.33. The minimum atomic E-state index is -0.302. The molecular formula is C20H25ClN2O2. The molecule has 2 unspecified atom stereocenters. The first-order valence-electron chi connectivity index (χ1n) is 9.11. The number of benzene rings is 1. The number of nitrogens with zero attached hydrogens (tertiary/aromatic N) is 1. The van der Waals surface area contributed by atoms with Gasteiger partial charge in [0.05, 0.1) is 5.41 Å². The molecule has 4 fully saturated rings. The molecule has 0 heterocycles. The van der Waals surface area contributed by atoms with Crippen molar-refractivity contribution in [2.75, 3.05) is 19.4 Å². The lowest BCUT2D eigenvalue weighted by Gasteiger charge is -2.59. The second kappa shape index (κ2) is 5.73. The topological polar surface area (TPSA) is 49.4 Å².